The van der Waals surface area contributed by atoms with Crippen molar-refractivity contribution in [1.29, 1.82) is 5.41 Å². The van der Waals surface area contributed by atoms with Crippen LogP contribution in [-0.2, 0) is 6.42 Å². The van der Waals surface area contributed by atoms with E-state index in [-0.39, 0.29) is 5.84 Å². The molecule has 1 heterocycles. The maximum absolute atomic E-state index is 7.50. The molecule has 3 N–H and O–H groups in total. The fraction of sp³-hybridized carbons (Fsp3) is 0.357. The summed E-state index contributed by atoms with van der Waals surface area (Å²) in [5.41, 5.74) is 6.92. The fourth-order valence-corrected chi connectivity index (χ4v) is 2.89. The van der Waals surface area contributed by atoms with Crippen molar-refractivity contribution >= 4 is 27.3 Å². The highest BCUT2D eigenvalue weighted by molar-refractivity contribution is 7.20. The smallest absolute Gasteiger partial charge is 0.133 e. The van der Waals surface area contributed by atoms with Crippen LogP contribution >= 0.6 is 11.3 Å². The predicted molar refractivity (Wildman–Crippen MR) is 76.0 cm³/mol. The normalized spacial score (nSPS) is 11.2. The van der Waals surface area contributed by atoms with E-state index in [1.165, 1.54) is 22.1 Å². The lowest BCUT2D eigenvalue weighted by Gasteiger charge is -2.05. The maximum Gasteiger partial charge on any atom is 0.133 e. The molecule has 2 rings (SSSR count). The SMILES string of the molecule is CC(C)CCc1cccc2sc(C(=N)N)cc12. The Morgan fingerprint density at radius 1 is 1.41 bits per heavy atom. The number of benzene rings is 1. The number of nitrogen functional groups attached to an aromatic ring is 1. The highest BCUT2D eigenvalue weighted by atomic mass is 32.1. The van der Waals surface area contributed by atoms with Gasteiger partial charge in [-0.25, -0.2) is 0 Å². The standard InChI is InChI=1S/C14H18N2S/c1-9(2)6-7-10-4-3-5-12-11(10)8-13(17-12)14(15)16/h3-5,8-9H,6-7H2,1-2H3,(H3,15,16). The zero-order valence-corrected chi connectivity index (χ0v) is 11.1. The number of nitrogens with one attached hydrogen (secondary N) is 1. The number of amidine groups is 1. The topological polar surface area (TPSA) is 49.9 Å². The summed E-state index contributed by atoms with van der Waals surface area (Å²) < 4.78 is 1.23. The monoisotopic (exact) mass is 246 g/mol. The van der Waals surface area contributed by atoms with Crippen LogP contribution in [0.1, 0.15) is 30.7 Å². The Morgan fingerprint density at radius 2 is 2.18 bits per heavy atom. The van der Waals surface area contributed by atoms with Gasteiger partial charge in [0, 0.05) is 4.70 Å². The van der Waals surface area contributed by atoms with Gasteiger partial charge in [-0.1, -0.05) is 26.0 Å². The zero-order chi connectivity index (χ0) is 12.4. The molecule has 3 heteroatoms. The molecule has 0 aliphatic carbocycles. The highest BCUT2D eigenvalue weighted by Gasteiger charge is 2.08. The van der Waals surface area contributed by atoms with Crippen molar-refractivity contribution in [3.63, 3.8) is 0 Å². The molecule has 0 atom stereocenters. The van der Waals surface area contributed by atoms with Crippen LogP contribution in [0.15, 0.2) is 24.3 Å². The Morgan fingerprint density at radius 3 is 2.82 bits per heavy atom. The van der Waals surface area contributed by atoms with Crippen molar-refractivity contribution in [1.82, 2.24) is 0 Å². The molecular weight excluding hydrogens is 228 g/mol. The summed E-state index contributed by atoms with van der Waals surface area (Å²) in [7, 11) is 0. The second kappa shape index (κ2) is 4.88. The van der Waals surface area contributed by atoms with Gasteiger partial charge in [0.1, 0.15) is 5.84 Å². The molecule has 90 valence electrons. The van der Waals surface area contributed by atoms with Crippen LogP contribution in [-0.4, -0.2) is 5.84 Å². The number of hydrogen-bond donors (Lipinski definition) is 2. The molecule has 0 saturated carbocycles. The summed E-state index contributed by atoms with van der Waals surface area (Å²) in [5, 5.41) is 8.76. The molecule has 1 aromatic heterocycles. The minimum Gasteiger partial charge on any atom is -0.383 e. The van der Waals surface area contributed by atoms with Gasteiger partial charge >= 0.3 is 0 Å². The molecule has 2 nitrogen and oxygen atoms in total. The van der Waals surface area contributed by atoms with Crippen molar-refractivity contribution < 1.29 is 0 Å². The van der Waals surface area contributed by atoms with Crippen molar-refractivity contribution in [3.05, 3.63) is 34.7 Å². The molecular formula is C14H18N2S. The first kappa shape index (κ1) is 12.1. The van der Waals surface area contributed by atoms with E-state index in [0.717, 1.165) is 17.2 Å². The largest absolute Gasteiger partial charge is 0.383 e. The van der Waals surface area contributed by atoms with E-state index < -0.39 is 0 Å². The number of aryl methyl sites for hydroxylation is 1. The van der Waals surface area contributed by atoms with Gasteiger partial charge in [-0.2, -0.15) is 0 Å². The first-order valence-electron chi connectivity index (χ1n) is 5.93. The zero-order valence-electron chi connectivity index (χ0n) is 10.3. The average Bonchev–Trinajstić information content (AvgIpc) is 2.70. The predicted octanol–water partition coefficient (Wildman–Crippen LogP) is 3.77. The first-order valence-corrected chi connectivity index (χ1v) is 6.75. The fourth-order valence-electron chi connectivity index (χ4n) is 1.92. The number of rotatable bonds is 4. The molecule has 17 heavy (non-hydrogen) atoms. The van der Waals surface area contributed by atoms with Crippen molar-refractivity contribution in [2.24, 2.45) is 11.7 Å². The molecule has 1 aromatic carbocycles. The van der Waals surface area contributed by atoms with Crippen molar-refractivity contribution in [2.45, 2.75) is 26.7 Å². The van der Waals surface area contributed by atoms with Gasteiger partial charge in [0.25, 0.3) is 0 Å². The minimum absolute atomic E-state index is 0.168. The minimum atomic E-state index is 0.168. The van der Waals surface area contributed by atoms with E-state index in [1.807, 2.05) is 0 Å². The summed E-state index contributed by atoms with van der Waals surface area (Å²) in [4.78, 5) is 0.872. The third kappa shape index (κ3) is 2.67. The Bertz CT molecular complexity index is 540. The summed E-state index contributed by atoms with van der Waals surface area (Å²) in [6, 6.07) is 8.43. The van der Waals surface area contributed by atoms with E-state index in [9.17, 15) is 0 Å². The summed E-state index contributed by atoms with van der Waals surface area (Å²) in [6.07, 6.45) is 2.30. The lowest BCUT2D eigenvalue weighted by molar-refractivity contribution is 0.588. The van der Waals surface area contributed by atoms with Gasteiger partial charge in [-0.05, 0) is 41.8 Å². The quantitative estimate of drug-likeness (QED) is 0.626. The van der Waals surface area contributed by atoms with Crippen LogP contribution in [0.5, 0.6) is 0 Å². The molecule has 2 aromatic rings. The number of fused-ring (bicyclic) bond motifs is 1. The molecule has 0 fully saturated rings. The Kier molecular flexibility index (Phi) is 3.48. The van der Waals surface area contributed by atoms with Crippen LogP contribution in [0, 0.1) is 11.3 Å². The lowest BCUT2D eigenvalue weighted by atomic mass is 10.0. The number of thiophene rings is 1. The second-order valence-electron chi connectivity index (χ2n) is 4.79. The molecule has 0 radical (unpaired) electrons. The lowest BCUT2D eigenvalue weighted by Crippen LogP contribution is -2.08. The number of hydrogen-bond acceptors (Lipinski definition) is 2. The van der Waals surface area contributed by atoms with Crippen molar-refractivity contribution in [2.75, 3.05) is 0 Å². The Labute approximate surface area is 106 Å². The Balaban J connectivity index is 2.38. The molecule has 0 bridgehead atoms. The first-order chi connectivity index (χ1) is 8.08. The molecule has 0 spiro atoms. The summed E-state index contributed by atoms with van der Waals surface area (Å²) >= 11 is 1.60. The molecule has 0 saturated heterocycles. The third-order valence-electron chi connectivity index (χ3n) is 2.91. The van der Waals surface area contributed by atoms with Gasteiger partial charge in [-0.3, -0.25) is 5.41 Å². The third-order valence-corrected chi connectivity index (χ3v) is 4.04. The van der Waals surface area contributed by atoms with Crippen LogP contribution in [0.4, 0.5) is 0 Å². The van der Waals surface area contributed by atoms with E-state index in [2.05, 4.69) is 38.1 Å². The van der Waals surface area contributed by atoms with Crippen LogP contribution in [0.2, 0.25) is 0 Å². The van der Waals surface area contributed by atoms with Crippen LogP contribution in [0.3, 0.4) is 0 Å². The Hall–Kier alpha value is -1.35. The molecule has 0 amide bonds. The molecule has 0 unspecified atom stereocenters. The van der Waals surface area contributed by atoms with Gasteiger partial charge < -0.3 is 5.73 Å². The van der Waals surface area contributed by atoms with E-state index in [4.69, 9.17) is 11.1 Å². The van der Waals surface area contributed by atoms with Gasteiger partial charge in [0.2, 0.25) is 0 Å². The number of nitrogens with two attached hydrogens (primary N) is 1. The van der Waals surface area contributed by atoms with Gasteiger partial charge in [0.05, 0.1) is 4.88 Å². The van der Waals surface area contributed by atoms with E-state index in [1.54, 1.807) is 11.3 Å². The van der Waals surface area contributed by atoms with Crippen LogP contribution in [0.25, 0.3) is 10.1 Å². The molecule has 0 aliphatic rings. The second-order valence-corrected chi connectivity index (χ2v) is 5.87. The summed E-state index contributed by atoms with van der Waals surface area (Å²) in [6.45, 7) is 4.49. The van der Waals surface area contributed by atoms with E-state index >= 15 is 0 Å². The average molecular weight is 246 g/mol. The van der Waals surface area contributed by atoms with Crippen molar-refractivity contribution in [3.8, 4) is 0 Å². The highest BCUT2D eigenvalue weighted by Crippen LogP contribution is 2.29. The van der Waals surface area contributed by atoms with Crippen LogP contribution < -0.4 is 5.73 Å². The van der Waals surface area contributed by atoms with Gasteiger partial charge in [-0.15, -0.1) is 11.3 Å². The van der Waals surface area contributed by atoms with Gasteiger partial charge in [0.15, 0.2) is 0 Å². The summed E-state index contributed by atoms with van der Waals surface area (Å²) in [5.74, 6) is 0.886. The maximum atomic E-state index is 7.50. The molecule has 0 aliphatic heterocycles. The van der Waals surface area contributed by atoms with E-state index in [0.29, 0.717) is 0 Å².